The summed E-state index contributed by atoms with van der Waals surface area (Å²) in [6, 6.07) is 5.07. The van der Waals surface area contributed by atoms with Crippen LogP contribution in [0, 0.1) is 20.7 Å². The molecular weight excluding hydrogens is 259 g/mol. The molecule has 0 aromatic heterocycles. The van der Waals surface area contributed by atoms with Gasteiger partial charge in [0.05, 0.1) is 15.1 Å². The fourth-order valence-electron chi connectivity index (χ4n) is 0.782. The van der Waals surface area contributed by atoms with Gasteiger partial charge in [0.25, 0.3) is 5.96 Å². The number of benzene rings is 1. The van der Waals surface area contributed by atoms with Crippen LogP contribution in [0.25, 0.3) is 0 Å². The molecule has 9 heteroatoms. The third kappa shape index (κ3) is 6.82. The molecule has 0 aliphatic heterocycles. The Morgan fingerprint density at radius 2 is 1.88 bits per heavy atom. The first-order chi connectivity index (χ1) is 7.32. The number of halogens is 2. The van der Waals surface area contributed by atoms with Gasteiger partial charge in [0.15, 0.2) is 0 Å². The van der Waals surface area contributed by atoms with Gasteiger partial charge in [-0.2, -0.15) is 0 Å². The summed E-state index contributed by atoms with van der Waals surface area (Å²) in [5, 5.41) is 24.2. The van der Waals surface area contributed by atoms with Gasteiger partial charge < -0.3 is 21.1 Å². The van der Waals surface area contributed by atoms with E-state index in [1.165, 1.54) is 5.32 Å². The normalized spacial score (nSPS) is 8.88. The summed E-state index contributed by atoms with van der Waals surface area (Å²) < 4.78 is 0. The Balaban J connectivity index is 0.000000487. The van der Waals surface area contributed by atoms with E-state index in [1.807, 2.05) is 0 Å². The van der Waals surface area contributed by atoms with E-state index >= 15 is 0 Å². The molecule has 0 saturated heterocycles. The molecular formula is C7H8Cl2N4O3. The monoisotopic (exact) mass is 266 g/mol. The molecule has 0 fully saturated rings. The van der Waals surface area contributed by atoms with Gasteiger partial charge >= 0.3 is 0 Å². The van der Waals surface area contributed by atoms with Crippen LogP contribution in [0.2, 0.25) is 10.0 Å². The summed E-state index contributed by atoms with van der Waals surface area (Å²) in [7, 11) is 0. The van der Waals surface area contributed by atoms with Gasteiger partial charge in [0, 0.05) is 12.1 Å². The summed E-state index contributed by atoms with van der Waals surface area (Å²) in [6.07, 6.45) is 0. The molecule has 0 heterocycles. The van der Waals surface area contributed by atoms with Crippen molar-refractivity contribution >= 4 is 34.8 Å². The van der Waals surface area contributed by atoms with E-state index in [1.54, 1.807) is 18.2 Å². The zero-order valence-corrected chi connectivity index (χ0v) is 9.33. The van der Waals surface area contributed by atoms with Gasteiger partial charge in [0.1, 0.15) is 5.69 Å². The van der Waals surface area contributed by atoms with E-state index in [0.717, 1.165) is 5.69 Å². The predicted molar refractivity (Wildman–Crippen MR) is 60.3 cm³/mol. The van der Waals surface area contributed by atoms with Crippen LogP contribution in [0.15, 0.2) is 18.2 Å². The van der Waals surface area contributed by atoms with Crippen molar-refractivity contribution in [2.75, 3.05) is 0 Å². The molecule has 0 spiro atoms. The molecule has 0 aliphatic carbocycles. The zero-order valence-electron chi connectivity index (χ0n) is 7.81. The largest absolute Gasteiger partial charge is 0.356 e. The van der Waals surface area contributed by atoms with Crippen molar-refractivity contribution in [3.8, 4) is 0 Å². The molecule has 0 radical (unpaired) electrons. The molecule has 0 aliphatic rings. The van der Waals surface area contributed by atoms with Crippen molar-refractivity contribution in [3.63, 3.8) is 0 Å². The molecule has 1 aromatic carbocycles. The third-order valence-corrected chi connectivity index (χ3v) is 2.00. The minimum atomic E-state index is -1.75. The van der Waals surface area contributed by atoms with Crippen LogP contribution in [-0.4, -0.2) is 11.0 Å². The maximum Gasteiger partial charge on any atom is 0.293 e. The summed E-state index contributed by atoms with van der Waals surface area (Å²) in [5.41, 5.74) is 5.94. The topological polar surface area (TPSA) is 133 Å². The Morgan fingerprint density at radius 3 is 2.25 bits per heavy atom. The van der Waals surface area contributed by atoms with E-state index < -0.39 is 5.09 Å². The number of nitrogens with zero attached hydrogens (tertiary/aromatic N) is 1. The fraction of sp³-hybridized carbons (Fsp3) is 0. The van der Waals surface area contributed by atoms with Crippen molar-refractivity contribution in [1.29, 1.82) is 5.41 Å². The molecule has 0 unspecified atom stereocenters. The van der Waals surface area contributed by atoms with E-state index in [9.17, 15) is 0 Å². The van der Waals surface area contributed by atoms with Crippen molar-refractivity contribution < 1.29 is 10.4 Å². The molecule has 0 atom stereocenters. The number of quaternary nitrogens is 1. The van der Waals surface area contributed by atoms with Crippen molar-refractivity contribution in [3.05, 3.63) is 43.6 Å². The number of nitrogens with two attached hydrogens (primary N) is 2. The standard InChI is InChI=1S/C7H7Cl2N3.NO3/c8-5-2-1-4(3-6(5)9)12-7(10)11;2-1(3)4/h1-3H,(H4,10,11,12);/q;-1/p+1. The lowest BCUT2D eigenvalue weighted by atomic mass is 10.3. The molecule has 1 aromatic rings. The third-order valence-electron chi connectivity index (χ3n) is 1.27. The fourth-order valence-corrected chi connectivity index (χ4v) is 1.09. The van der Waals surface area contributed by atoms with Crippen molar-refractivity contribution in [2.24, 2.45) is 5.73 Å². The maximum absolute atomic E-state index is 8.25. The molecule has 1 rings (SSSR count). The lowest BCUT2D eigenvalue weighted by Crippen LogP contribution is -2.84. The smallest absolute Gasteiger partial charge is 0.293 e. The second-order valence-electron chi connectivity index (χ2n) is 2.50. The van der Waals surface area contributed by atoms with Crippen LogP contribution < -0.4 is 11.1 Å². The number of hydrogen-bond donors (Lipinski definition) is 3. The van der Waals surface area contributed by atoms with Gasteiger partial charge in [-0.3, -0.25) is 5.32 Å². The summed E-state index contributed by atoms with van der Waals surface area (Å²) in [6.45, 7) is 0. The number of hydrogen-bond acceptors (Lipinski definition) is 4. The van der Waals surface area contributed by atoms with Crippen LogP contribution in [-0.2, 0) is 0 Å². The van der Waals surface area contributed by atoms with Gasteiger partial charge in [-0.25, -0.2) is 5.41 Å². The average Bonchev–Trinajstić information content (AvgIpc) is 2.09. The Hall–Kier alpha value is -1.57. The highest BCUT2D eigenvalue weighted by atomic mass is 35.5. The first-order valence-corrected chi connectivity index (χ1v) is 4.54. The SMILES string of the molecule is N=C(N)[NH2+]c1ccc(Cl)c(Cl)c1.O=[N+]([O-])[O-]. The van der Waals surface area contributed by atoms with Crippen molar-refractivity contribution in [2.45, 2.75) is 0 Å². The number of guanidine groups is 1. The molecule has 0 bridgehead atoms. The average molecular weight is 267 g/mol. The van der Waals surface area contributed by atoms with E-state index in [-0.39, 0.29) is 5.96 Å². The molecule has 16 heavy (non-hydrogen) atoms. The van der Waals surface area contributed by atoms with Crippen LogP contribution in [0.1, 0.15) is 0 Å². The first kappa shape index (κ1) is 14.4. The highest BCUT2D eigenvalue weighted by Gasteiger charge is 2.02. The molecule has 0 amide bonds. The lowest BCUT2D eigenvalue weighted by molar-refractivity contribution is -0.447. The second kappa shape index (κ2) is 6.83. The minimum absolute atomic E-state index is 0.00612. The predicted octanol–water partition coefficient (Wildman–Crippen LogP) is 0.843. The van der Waals surface area contributed by atoms with Gasteiger partial charge in [-0.05, 0) is 6.07 Å². The highest BCUT2D eigenvalue weighted by molar-refractivity contribution is 6.42. The van der Waals surface area contributed by atoms with E-state index in [0.29, 0.717) is 10.0 Å². The molecule has 5 N–H and O–H groups in total. The molecule has 88 valence electrons. The minimum Gasteiger partial charge on any atom is -0.356 e. The Bertz CT molecular complexity index is 395. The summed E-state index contributed by atoms with van der Waals surface area (Å²) in [5.74, 6) is -0.00612. The van der Waals surface area contributed by atoms with Crippen LogP contribution >= 0.6 is 23.2 Å². The van der Waals surface area contributed by atoms with E-state index in [4.69, 9.17) is 49.7 Å². The lowest BCUT2D eigenvalue weighted by Gasteiger charge is -1.98. The van der Waals surface area contributed by atoms with Gasteiger partial charge in [-0.15, -0.1) is 0 Å². The Kier molecular flexibility index (Phi) is 6.16. The van der Waals surface area contributed by atoms with Gasteiger partial charge in [-0.1, -0.05) is 23.2 Å². The van der Waals surface area contributed by atoms with Crippen LogP contribution in [0.3, 0.4) is 0 Å². The van der Waals surface area contributed by atoms with E-state index in [2.05, 4.69) is 0 Å². The van der Waals surface area contributed by atoms with Crippen LogP contribution in [0.4, 0.5) is 5.69 Å². The summed E-state index contributed by atoms with van der Waals surface area (Å²) >= 11 is 11.4. The van der Waals surface area contributed by atoms with Crippen LogP contribution in [0.5, 0.6) is 0 Å². The second-order valence-corrected chi connectivity index (χ2v) is 3.31. The molecule has 7 nitrogen and oxygen atoms in total. The zero-order chi connectivity index (χ0) is 12.7. The number of nitrogens with one attached hydrogen (secondary N) is 1. The highest BCUT2D eigenvalue weighted by Crippen LogP contribution is 2.22. The Labute approximate surface area is 100 Å². The number of rotatable bonds is 1. The first-order valence-electron chi connectivity index (χ1n) is 3.78. The maximum atomic E-state index is 8.25. The Morgan fingerprint density at radius 1 is 1.38 bits per heavy atom. The molecule has 0 saturated carbocycles. The van der Waals surface area contributed by atoms with Crippen molar-refractivity contribution in [1.82, 2.24) is 0 Å². The quantitative estimate of drug-likeness (QED) is 0.228. The summed E-state index contributed by atoms with van der Waals surface area (Å²) in [4.78, 5) is 8.25. The van der Waals surface area contributed by atoms with Gasteiger partial charge in [0.2, 0.25) is 0 Å².